The Kier molecular flexibility index (Phi) is 2.74. The fourth-order valence-electron chi connectivity index (χ4n) is 2.41. The molecule has 0 aromatic carbocycles. The average molecular weight is 256 g/mol. The van der Waals surface area contributed by atoms with Crippen LogP contribution >= 0.6 is 0 Å². The molecule has 3 rings (SSSR count). The first-order valence-electron chi connectivity index (χ1n) is 6.37. The molecule has 2 N–H and O–H groups in total. The number of rotatable bonds is 2. The lowest BCUT2D eigenvalue weighted by Crippen LogP contribution is -2.37. The first kappa shape index (κ1) is 11.8. The predicted octanol–water partition coefficient (Wildman–Crippen LogP) is -0.0590. The molecule has 0 bridgehead atoms. The van der Waals surface area contributed by atoms with E-state index in [0.29, 0.717) is 6.04 Å². The molecule has 0 radical (unpaired) electrons. The van der Waals surface area contributed by atoms with Crippen LogP contribution in [-0.4, -0.2) is 21.1 Å². The van der Waals surface area contributed by atoms with Gasteiger partial charge in [0.1, 0.15) is 0 Å². The number of hydrogen-bond acceptors (Lipinski definition) is 3. The number of nitrogens with zero attached hydrogens (tertiary/aromatic N) is 2. The largest absolute Gasteiger partial charge is 0.386 e. The van der Waals surface area contributed by atoms with Gasteiger partial charge in [-0.1, -0.05) is 6.08 Å². The van der Waals surface area contributed by atoms with Crippen LogP contribution in [0.5, 0.6) is 0 Å². The van der Waals surface area contributed by atoms with Crippen molar-refractivity contribution in [2.24, 2.45) is 0 Å². The van der Waals surface area contributed by atoms with Crippen molar-refractivity contribution in [2.75, 3.05) is 6.54 Å². The van der Waals surface area contributed by atoms with Crippen LogP contribution in [0, 0.1) is 0 Å². The molecule has 5 nitrogen and oxygen atoms in total. The molecule has 5 heteroatoms. The second-order valence-corrected chi connectivity index (χ2v) is 4.89. The quantitative estimate of drug-likeness (QED) is 0.791. The van der Waals surface area contributed by atoms with Gasteiger partial charge in [0.05, 0.1) is 11.0 Å². The van der Waals surface area contributed by atoms with Gasteiger partial charge in [-0.3, -0.25) is 0 Å². The summed E-state index contributed by atoms with van der Waals surface area (Å²) in [6.07, 6.45) is 7.79. The highest BCUT2D eigenvalue weighted by Gasteiger charge is 2.11. The lowest BCUT2D eigenvalue weighted by molar-refractivity contribution is 0.586. The Labute approximate surface area is 110 Å². The number of nitrogens with one attached hydrogen (secondary N) is 2. The van der Waals surface area contributed by atoms with E-state index in [-0.39, 0.29) is 5.69 Å². The van der Waals surface area contributed by atoms with E-state index < -0.39 is 0 Å². The van der Waals surface area contributed by atoms with Crippen molar-refractivity contribution in [3.63, 3.8) is 0 Å². The van der Waals surface area contributed by atoms with Gasteiger partial charge in [-0.25, -0.2) is 9.78 Å². The van der Waals surface area contributed by atoms with Crippen LogP contribution in [-0.2, 0) is 0 Å². The lowest BCUT2D eigenvalue weighted by Gasteiger charge is -2.09. The van der Waals surface area contributed by atoms with E-state index in [1.165, 1.54) is 6.20 Å². The Balaban J connectivity index is 2.32. The SMILES string of the molecule is CC(C)n1cc(-c2ccnc(=O)[nH]2)c2c1=CNCC=2. The van der Waals surface area contributed by atoms with Crippen molar-refractivity contribution in [1.29, 1.82) is 0 Å². The molecule has 19 heavy (non-hydrogen) atoms. The second kappa shape index (κ2) is 4.42. The monoisotopic (exact) mass is 256 g/mol. The summed E-state index contributed by atoms with van der Waals surface area (Å²) in [6, 6.07) is 2.19. The smallest absolute Gasteiger partial charge is 0.345 e. The van der Waals surface area contributed by atoms with Crippen molar-refractivity contribution >= 4 is 12.3 Å². The third-order valence-corrected chi connectivity index (χ3v) is 3.30. The minimum atomic E-state index is -0.318. The lowest BCUT2D eigenvalue weighted by atomic mass is 10.1. The van der Waals surface area contributed by atoms with Crippen molar-refractivity contribution in [3.8, 4) is 11.3 Å². The van der Waals surface area contributed by atoms with Gasteiger partial charge in [0, 0.05) is 42.0 Å². The summed E-state index contributed by atoms with van der Waals surface area (Å²) in [6.45, 7) is 5.08. The summed E-state index contributed by atoms with van der Waals surface area (Å²) in [7, 11) is 0. The first-order valence-corrected chi connectivity index (χ1v) is 6.37. The maximum absolute atomic E-state index is 11.4. The summed E-state index contributed by atoms with van der Waals surface area (Å²) in [5, 5.41) is 5.54. The summed E-state index contributed by atoms with van der Waals surface area (Å²) in [4.78, 5) is 17.8. The molecule has 0 saturated heterocycles. The molecule has 3 heterocycles. The molecule has 0 atom stereocenters. The summed E-state index contributed by atoms with van der Waals surface area (Å²) in [5.74, 6) is 0. The van der Waals surface area contributed by atoms with E-state index in [4.69, 9.17) is 0 Å². The van der Waals surface area contributed by atoms with Gasteiger partial charge < -0.3 is 14.9 Å². The van der Waals surface area contributed by atoms with Crippen molar-refractivity contribution in [1.82, 2.24) is 19.9 Å². The standard InChI is InChI=1S/C14H16N4O/c1-9(2)18-8-11(10-3-5-15-7-13(10)18)12-4-6-16-14(19)17-12/h3-4,6-9,15H,5H2,1-2H3,(H,16,17,19). The summed E-state index contributed by atoms with van der Waals surface area (Å²) >= 11 is 0. The molecule has 0 fully saturated rings. The van der Waals surface area contributed by atoms with Crippen LogP contribution in [0.15, 0.2) is 23.3 Å². The zero-order valence-electron chi connectivity index (χ0n) is 11.0. The van der Waals surface area contributed by atoms with E-state index in [1.807, 2.05) is 12.3 Å². The fourth-order valence-corrected chi connectivity index (χ4v) is 2.41. The molecule has 1 aliphatic rings. The number of aromatic nitrogens is 3. The van der Waals surface area contributed by atoms with Crippen LogP contribution in [0.25, 0.3) is 23.5 Å². The Morgan fingerprint density at radius 2 is 2.26 bits per heavy atom. The molecule has 1 aliphatic heterocycles. The molecule has 0 amide bonds. The fraction of sp³-hybridized carbons (Fsp3) is 0.286. The van der Waals surface area contributed by atoms with E-state index in [2.05, 4.69) is 46.0 Å². The van der Waals surface area contributed by atoms with Gasteiger partial charge in [-0.2, -0.15) is 0 Å². The van der Waals surface area contributed by atoms with E-state index in [0.717, 1.165) is 28.4 Å². The Bertz CT molecular complexity index is 783. The van der Waals surface area contributed by atoms with E-state index >= 15 is 0 Å². The van der Waals surface area contributed by atoms with E-state index in [9.17, 15) is 4.79 Å². The number of H-pyrrole nitrogens is 1. The number of fused-ring (bicyclic) bond motifs is 1. The van der Waals surface area contributed by atoms with Crippen LogP contribution < -0.4 is 21.6 Å². The van der Waals surface area contributed by atoms with Gasteiger partial charge in [-0.05, 0) is 19.9 Å². The van der Waals surface area contributed by atoms with Crippen LogP contribution in [0.3, 0.4) is 0 Å². The molecule has 98 valence electrons. The third-order valence-electron chi connectivity index (χ3n) is 3.30. The Hall–Kier alpha value is -2.30. The Morgan fingerprint density at radius 1 is 1.42 bits per heavy atom. The maximum Gasteiger partial charge on any atom is 0.345 e. The summed E-state index contributed by atoms with van der Waals surface area (Å²) in [5.41, 5.74) is 1.53. The molecule has 0 spiro atoms. The van der Waals surface area contributed by atoms with Gasteiger partial charge >= 0.3 is 5.69 Å². The van der Waals surface area contributed by atoms with Gasteiger partial charge in [-0.15, -0.1) is 0 Å². The van der Waals surface area contributed by atoms with Crippen molar-refractivity contribution in [2.45, 2.75) is 19.9 Å². The predicted molar refractivity (Wildman–Crippen MR) is 74.9 cm³/mol. The molecule has 2 aromatic heterocycles. The summed E-state index contributed by atoms with van der Waals surface area (Å²) < 4.78 is 2.20. The van der Waals surface area contributed by atoms with Crippen molar-refractivity contribution in [3.05, 3.63) is 39.5 Å². The minimum absolute atomic E-state index is 0.318. The first-order chi connectivity index (χ1) is 9.16. The van der Waals surface area contributed by atoms with Crippen LogP contribution in [0.2, 0.25) is 0 Å². The third kappa shape index (κ3) is 1.97. The molecular formula is C14H16N4O. The highest BCUT2D eigenvalue weighted by molar-refractivity contribution is 5.62. The molecule has 0 unspecified atom stereocenters. The average Bonchev–Trinajstić information content (AvgIpc) is 2.78. The molecule has 2 aromatic rings. The topological polar surface area (TPSA) is 62.7 Å². The number of aromatic amines is 1. The minimum Gasteiger partial charge on any atom is -0.386 e. The highest BCUT2D eigenvalue weighted by Crippen LogP contribution is 2.11. The van der Waals surface area contributed by atoms with E-state index in [1.54, 1.807) is 0 Å². The van der Waals surface area contributed by atoms with Gasteiger partial charge in [0.15, 0.2) is 0 Å². The zero-order chi connectivity index (χ0) is 13.4. The number of hydrogen-bond donors (Lipinski definition) is 2. The second-order valence-electron chi connectivity index (χ2n) is 4.89. The normalized spacial score (nSPS) is 13.4. The highest BCUT2D eigenvalue weighted by atomic mass is 16.1. The van der Waals surface area contributed by atoms with Crippen molar-refractivity contribution < 1.29 is 0 Å². The Morgan fingerprint density at radius 3 is 3.00 bits per heavy atom. The maximum atomic E-state index is 11.4. The van der Waals surface area contributed by atoms with Gasteiger partial charge in [0.25, 0.3) is 0 Å². The molecule has 0 aliphatic carbocycles. The van der Waals surface area contributed by atoms with Crippen LogP contribution in [0.4, 0.5) is 0 Å². The molecule has 0 saturated carbocycles. The molecular weight excluding hydrogens is 240 g/mol. The van der Waals surface area contributed by atoms with Crippen LogP contribution in [0.1, 0.15) is 19.9 Å². The van der Waals surface area contributed by atoms with Gasteiger partial charge in [0.2, 0.25) is 0 Å². The zero-order valence-corrected chi connectivity index (χ0v) is 11.0.